The van der Waals surface area contributed by atoms with Crippen LogP contribution in [0.15, 0.2) is 71.6 Å². The molecule has 0 fully saturated rings. The summed E-state index contributed by atoms with van der Waals surface area (Å²) in [5.41, 5.74) is -0.347. The Kier molecular flexibility index (Phi) is 11.3. The summed E-state index contributed by atoms with van der Waals surface area (Å²) in [5.74, 6) is -0.680. The summed E-state index contributed by atoms with van der Waals surface area (Å²) in [6.45, 7) is 6.37. The molecule has 0 bridgehead atoms. The zero-order chi connectivity index (χ0) is 32.8. The van der Waals surface area contributed by atoms with Gasteiger partial charge in [0.25, 0.3) is 10.0 Å². The first-order valence-electron chi connectivity index (χ1n) is 13.7. The van der Waals surface area contributed by atoms with Crippen LogP contribution in [0.3, 0.4) is 0 Å². The van der Waals surface area contributed by atoms with Crippen molar-refractivity contribution in [2.75, 3.05) is 24.5 Å². The Morgan fingerprint density at radius 1 is 1.00 bits per heavy atom. The Labute approximate surface area is 260 Å². The number of alkyl halides is 3. The minimum absolute atomic E-state index is 0.112. The maximum atomic E-state index is 14.0. The molecule has 0 aromatic heterocycles. The number of rotatable bonds is 12. The third kappa shape index (κ3) is 8.66. The minimum Gasteiger partial charge on any atom is -0.497 e. The molecule has 3 aromatic carbocycles. The number of halogens is 4. The second kappa shape index (κ2) is 14.3. The van der Waals surface area contributed by atoms with Crippen LogP contribution < -0.4 is 14.4 Å². The molecule has 0 saturated carbocycles. The van der Waals surface area contributed by atoms with Crippen LogP contribution in [0.4, 0.5) is 18.9 Å². The van der Waals surface area contributed by atoms with Gasteiger partial charge in [0.1, 0.15) is 18.3 Å². The highest BCUT2D eigenvalue weighted by atomic mass is 35.5. The van der Waals surface area contributed by atoms with E-state index < -0.39 is 56.9 Å². The van der Waals surface area contributed by atoms with Gasteiger partial charge in [-0.25, -0.2) is 8.42 Å². The lowest BCUT2D eigenvalue weighted by molar-refractivity contribution is -0.139. The van der Waals surface area contributed by atoms with Crippen LogP contribution in [-0.4, -0.2) is 51.4 Å². The van der Waals surface area contributed by atoms with E-state index in [2.05, 4.69) is 5.32 Å². The Hall–Kier alpha value is -3.77. The third-order valence-corrected chi connectivity index (χ3v) is 8.89. The molecule has 0 aliphatic heterocycles. The van der Waals surface area contributed by atoms with Gasteiger partial charge in [-0.3, -0.25) is 13.9 Å². The van der Waals surface area contributed by atoms with E-state index in [9.17, 15) is 31.2 Å². The van der Waals surface area contributed by atoms with Gasteiger partial charge in [0.2, 0.25) is 11.8 Å². The normalized spacial score (nSPS) is 12.5. The van der Waals surface area contributed by atoms with Gasteiger partial charge in [-0.15, -0.1) is 0 Å². The zero-order valence-corrected chi connectivity index (χ0v) is 26.6. The Morgan fingerprint density at radius 3 is 2.25 bits per heavy atom. The maximum absolute atomic E-state index is 14.0. The van der Waals surface area contributed by atoms with Crippen molar-refractivity contribution < 1.29 is 35.9 Å². The number of hydrogen-bond donors (Lipinski definition) is 1. The summed E-state index contributed by atoms with van der Waals surface area (Å²) in [5, 5.41) is 2.14. The predicted molar refractivity (Wildman–Crippen MR) is 163 cm³/mol. The standard InChI is InChI=1S/C31H35ClF3N3O5S/c1-20(2)17-36-30(40)22(4)37(18-23-7-6-8-25(15-23)43-5)29(39)19-38(44(41,42)26-12-9-21(3)10-13-26)24-11-14-28(32)27(16-24)31(33,34)35/h6-16,20,22H,17-19H2,1-5H3,(H,36,40)/t22-/m0/s1. The lowest BCUT2D eigenvalue weighted by Gasteiger charge is -2.32. The summed E-state index contributed by atoms with van der Waals surface area (Å²) in [4.78, 5) is 28.1. The van der Waals surface area contributed by atoms with Crippen molar-refractivity contribution in [3.8, 4) is 5.75 Å². The number of carbonyl (C=O) groups excluding carboxylic acids is 2. The van der Waals surface area contributed by atoms with Gasteiger partial charge in [-0.1, -0.05) is 55.3 Å². The van der Waals surface area contributed by atoms with Crippen LogP contribution in [0, 0.1) is 12.8 Å². The number of aryl methyl sites for hydroxylation is 1. The number of benzene rings is 3. The van der Waals surface area contributed by atoms with E-state index in [1.807, 2.05) is 13.8 Å². The summed E-state index contributed by atoms with van der Waals surface area (Å²) >= 11 is 5.82. The third-order valence-electron chi connectivity index (χ3n) is 6.77. The number of amides is 2. The predicted octanol–water partition coefficient (Wildman–Crippen LogP) is 6.06. The van der Waals surface area contributed by atoms with Gasteiger partial charge >= 0.3 is 6.18 Å². The fraction of sp³-hybridized carbons (Fsp3) is 0.355. The van der Waals surface area contributed by atoms with Gasteiger partial charge in [0.05, 0.1) is 28.3 Å². The first kappa shape index (κ1) is 34.7. The van der Waals surface area contributed by atoms with E-state index in [0.717, 1.165) is 17.7 Å². The van der Waals surface area contributed by atoms with E-state index >= 15 is 0 Å². The number of methoxy groups -OCH3 is 1. The number of nitrogens with zero attached hydrogens (tertiary/aromatic N) is 2. The summed E-state index contributed by atoms with van der Waals surface area (Å²) < 4.78 is 75.1. The van der Waals surface area contributed by atoms with E-state index in [1.54, 1.807) is 31.2 Å². The highest BCUT2D eigenvalue weighted by Gasteiger charge is 2.37. The van der Waals surface area contributed by atoms with Gasteiger partial charge in [-0.05, 0) is 67.8 Å². The van der Waals surface area contributed by atoms with Gasteiger partial charge < -0.3 is 15.0 Å². The molecular formula is C31H35ClF3N3O5S. The van der Waals surface area contributed by atoms with Gasteiger partial charge in [0, 0.05) is 13.1 Å². The molecule has 0 aliphatic rings. The molecule has 44 heavy (non-hydrogen) atoms. The molecule has 0 spiro atoms. The zero-order valence-electron chi connectivity index (χ0n) is 25.0. The van der Waals surface area contributed by atoms with E-state index in [-0.39, 0.29) is 17.4 Å². The highest BCUT2D eigenvalue weighted by Crippen LogP contribution is 2.38. The molecule has 0 saturated heterocycles. The second-order valence-electron chi connectivity index (χ2n) is 10.7. The molecule has 2 amide bonds. The van der Waals surface area contributed by atoms with Crippen LogP contribution in [0.1, 0.15) is 37.5 Å². The number of hydrogen-bond acceptors (Lipinski definition) is 5. The largest absolute Gasteiger partial charge is 0.497 e. The molecule has 1 N–H and O–H groups in total. The number of nitrogens with one attached hydrogen (secondary N) is 1. The molecule has 0 aliphatic carbocycles. The molecule has 13 heteroatoms. The van der Waals surface area contributed by atoms with Crippen LogP contribution in [0.25, 0.3) is 0 Å². The molecule has 3 rings (SSSR count). The van der Waals surface area contributed by atoms with E-state index in [0.29, 0.717) is 28.2 Å². The molecule has 238 valence electrons. The fourth-order valence-corrected chi connectivity index (χ4v) is 5.89. The topological polar surface area (TPSA) is 96.0 Å². The second-order valence-corrected chi connectivity index (χ2v) is 12.9. The molecule has 3 aromatic rings. The molecule has 0 unspecified atom stereocenters. The van der Waals surface area contributed by atoms with Crippen LogP contribution in [0.5, 0.6) is 5.75 Å². The van der Waals surface area contributed by atoms with Crippen molar-refractivity contribution in [3.05, 3.63) is 88.4 Å². The van der Waals surface area contributed by atoms with Crippen molar-refractivity contribution in [2.45, 2.75) is 51.4 Å². The molecule has 1 atom stereocenters. The lowest BCUT2D eigenvalue weighted by atomic mass is 10.1. The average Bonchev–Trinajstić information content (AvgIpc) is 2.97. The molecule has 0 radical (unpaired) electrons. The first-order valence-corrected chi connectivity index (χ1v) is 15.5. The number of carbonyl (C=O) groups is 2. The van der Waals surface area contributed by atoms with Crippen molar-refractivity contribution in [1.82, 2.24) is 10.2 Å². The maximum Gasteiger partial charge on any atom is 0.417 e. The van der Waals surface area contributed by atoms with Crippen LogP contribution in [-0.2, 0) is 32.3 Å². The van der Waals surface area contributed by atoms with E-state index in [1.165, 1.54) is 43.2 Å². The minimum atomic E-state index is -4.89. The van der Waals surface area contributed by atoms with Crippen molar-refractivity contribution >= 4 is 39.1 Å². The molecular weight excluding hydrogens is 619 g/mol. The first-order chi connectivity index (χ1) is 20.5. The summed E-state index contributed by atoms with van der Waals surface area (Å²) in [6.07, 6.45) is -4.89. The Morgan fingerprint density at radius 2 is 1.66 bits per heavy atom. The van der Waals surface area contributed by atoms with Gasteiger partial charge in [0.15, 0.2) is 0 Å². The number of anilines is 1. The monoisotopic (exact) mass is 653 g/mol. The smallest absolute Gasteiger partial charge is 0.417 e. The van der Waals surface area contributed by atoms with Crippen LogP contribution >= 0.6 is 11.6 Å². The Balaban J connectivity index is 2.11. The summed E-state index contributed by atoms with van der Waals surface area (Å²) in [7, 11) is -3.10. The van der Waals surface area contributed by atoms with Crippen molar-refractivity contribution in [2.24, 2.45) is 5.92 Å². The number of ether oxygens (including phenoxy) is 1. The SMILES string of the molecule is COc1cccc(CN(C(=O)CN(c2ccc(Cl)c(C(F)(F)F)c2)S(=O)(=O)c2ccc(C)cc2)[C@@H](C)C(=O)NCC(C)C)c1. The van der Waals surface area contributed by atoms with Crippen molar-refractivity contribution in [1.29, 1.82) is 0 Å². The average molecular weight is 654 g/mol. The van der Waals surface area contributed by atoms with E-state index in [4.69, 9.17) is 16.3 Å². The summed E-state index contributed by atoms with van der Waals surface area (Å²) in [6, 6.07) is 14.0. The highest BCUT2D eigenvalue weighted by molar-refractivity contribution is 7.92. The lowest BCUT2D eigenvalue weighted by Crippen LogP contribution is -2.51. The quantitative estimate of drug-likeness (QED) is 0.256. The molecule has 8 nitrogen and oxygen atoms in total. The van der Waals surface area contributed by atoms with Crippen molar-refractivity contribution in [3.63, 3.8) is 0 Å². The Bertz CT molecular complexity index is 1580. The van der Waals surface area contributed by atoms with Gasteiger partial charge in [-0.2, -0.15) is 13.2 Å². The molecule has 0 heterocycles. The fourth-order valence-electron chi connectivity index (χ4n) is 4.25. The number of sulfonamides is 1. The van der Waals surface area contributed by atoms with Crippen LogP contribution in [0.2, 0.25) is 5.02 Å².